The van der Waals surface area contributed by atoms with Gasteiger partial charge in [-0.15, -0.1) is 0 Å². The molecule has 3 heterocycles. The molecule has 55 heavy (non-hydrogen) atoms. The monoisotopic (exact) mass is 787 g/mol. The van der Waals surface area contributed by atoms with Crippen molar-refractivity contribution in [3.05, 3.63) is 82.7 Å². The second-order valence-electron chi connectivity index (χ2n) is 15.5. The third-order valence-corrected chi connectivity index (χ3v) is 10.4. The molecule has 12 nitrogen and oxygen atoms in total. The second-order valence-corrected chi connectivity index (χ2v) is 15.9. The number of guanidine groups is 1. The minimum atomic E-state index is -4.71. The van der Waals surface area contributed by atoms with Crippen LogP contribution in [0.15, 0.2) is 60.0 Å². The summed E-state index contributed by atoms with van der Waals surface area (Å²) in [6.45, 7) is 7.04. The number of halogens is 6. The van der Waals surface area contributed by atoms with Gasteiger partial charge in [0.1, 0.15) is 18.5 Å². The summed E-state index contributed by atoms with van der Waals surface area (Å²) >= 11 is 6.45. The van der Waals surface area contributed by atoms with Crippen molar-refractivity contribution in [3.63, 3.8) is 0 Å². The zero-order valence-electron chi connectivity index (χ0n) is 30.4. The van der Waals surface area contributed by atoms with Crippen molar-refractivity contribution in [3.8, 4) is 16.8 Å². The summed E-state index contributed by atoms with van der Waals surface area (Å²) in [6.07, 6.45) is -4.49. The molecule has 0 bridgehead atoms. The average Bonchev–Trinajstić information content (AvgIpc) is 4.00. The highest BCUT2D eigenvalue weighted by molar-refractivity contribution is 6.32. The zero-order chi connectivity index (χ0) is 39.7. The molecule has 1 aliphatic heterocycles. The molecule has 4 aromatic rings. The van der Waals surface area contributed by atoms with Crippen LogP contribution < -0.4 is 11.1 Å². The van der Waals surface area contributed by atoms with Gasteiger partial charge in [0.2, 0.25) is 0 Å². The van der Waals surface area contributed by atoms with Gasteiger partial charge >= 0.3 is 12.3 Å². The maximum absolute atomic E-state index is 15.0. The summed E-state index contributed by atoms with van der Waals surface area (Å²) in [7, 11) is 0. The number of carbonyl (C=O) groups excluding carboxylic acids is 2. The molecule has 3 N–H and O–H groups in total. The lowest BCUT2D eigenvalue weighted by Crippen LogP contribution is -2.50. The van der Waals surface area contributed by atoms with E-state index in [1.807, 2.05) is 56.0 Å². The van der Waals surface area contributed by atoms with Crippen LogP contribution in [-0.4, -0.2) is 65.7 Å². The summed E-state index contributed by atoms with van der Waals surface area (Å²) in [4.78, 5) is 37.5. The maximum atomic E-state index is 15.0. The van der Waals surface area contributed by atoms with Crippen LogP contribution in [0.1, 0.15) is 94.0 Å². The van der Waals surface area contributed by atoms with E-state index in [4.69, 9.17) is 27.1 Å². The lowest BCUT2D eigenvalue weighted by Gasteiger charge is -2.35. The van der Waals surface area contributed by atoms with E-state index < -0.39 is 59.6 Å². The Morgan fingerprint density at radius 2 is 1.80 bits per heavy atom. The average molecular weight is 788 g/mol. The first-order valence-electron chi connectivity index (χ1n) is 17.7. The summed E-state index contributed by atoms with van der Waals surface area (Å²) < 4.78 is 77.0. The minimum absolute atomic E-state index is 0.0103. The number of nitrogens with two attached hydrogens (primary N) is 1. The van der Waals surface area contributed by atoms with E-state index in [9.17, 15) is 26.7 Å². The number of hydrogen-bond donors (Lipinski definition) is 2. The molecule has 0 radical (unpaired) electrons. The highest BCUT2D eigenvalue weighted by Gasteiger charge is 2.64. The fraction of sp³-hybridized carbons (Fsp3) is 0.459. The summed E-state index contributed by atoms with van der Waals surface area (Å²) in [6, 6.07) is 10.6. The fourth-order valence-electron chi connectivity index (χ4n) is 7.09. The number of aryl methyl sites for hydroxylation is 1. The van der Waals surface area contributed by atoms with Gasteiger partial charge in [-0.3, -0.25) is 14.4 Å². The number of hydrogen-bond acceptors (Lipinski definition) is 8. The first kappa shape index (κ1) is 38.2. The van der Waals surface area contributed by atoms with E-state index >= 15 is 4.79 Å². The summed E-state index contributed by atoms with van der Waals surface area (Å²) in [5.74, 6) is -1.57. The molecule has 2 fully saturated rings. The van der Waals surface area contributed by atoms with Crippen LogP contribution in [0.4, 0.5) is 26.7 Å². The Bertz CT molecular complexity index is 2150. The zero-order valence-corrected chi connectivity index (χ0v) is 31.1. The number of aliphatic imine (C=N–C) groups is 1. The van der Waals surface area contributed by atoms with Crippen molar-refractivity contribution in [2.24, 2.45) is 16.1 Å². The molecule has 0 saturated heterocycles. The molecule has 2 aliphatic carbocycles. The fourth-order valence-corrected chi connectivity index (χ4v) is 7.28. The number of alkyl carbamates (subject to hydrolysis) is 1. The van der Waals surface area contributed by atoms with Gasteiger partial charge < -0.3 is 15.8 Å². The van der Waals surface area contributed by atoms with Gasteiger partial charge in [-0.05, 0) is 73.3 Å². The molecule has 0 unspecified atom stereocenters. The van der Waals surface area contributed by atoms with Crippen LogP contribution in [-0.2, 0) is 15.1 Å². The van der Waals surface area contributed by atoms with Gasteiger partial charge in [-0.25, -0.2) is 28.2 Å². The van der Waals surface area contributed by atoms with E-state index in [0.29, 0.717) is 11.6 Å². The molecule has 7 rings (SSSR count). The Kier molecular flexibility index (Phi) is 9.45. The van der Waals surface area contributed by atoms with Crippen molar-refractivity contribution in [2.45, 2.75) is 95.6 Å². The van der Waals surface area contributed by atoms with E-state index in [0.717, 1.165) is 45.6 Å². The van der Waals surface area contributed by atoms with E-state index in [1.165, 1.54) is 18.2 Å². The Hall–Kier alpha value is -5.06. The molecule has 18 heteroatoms. The predicted molar refractivity (Wildman–Crippen MR) is 191 cm³/mol. The standard InChI is InChI=1S/C37H39ClF5N9O3/c1-20-25(16-50(49-20)24-10-11-24)21-5-8-23(9-6-21)36(18-34(2,3)4)31(53)51(32(44)47-36)28(17-55-33(54)48-35(13-14-35)37(41,42)43)22-7-12-26(38)27(15-22)52-30(29(39)40)45-19-46-52/h5-9,12,15-16,19,24,28-29H,10-11,13-14,17-18H2,1-4H3,(H2,44,47)(H,48,54)/t28-,36-/m1/s1. The number of ether oxygens (including phenoxy) is 1. The van der Waals surface area contributed by atoms with Gasteiger partial charge in [0.05, 0.1) is 28.5 Å². The molecule has 2 aromatic heterocycles. The molecule has 292 valence electrons. The molecule has 3 aliphatic rings. The maximum Gasteiger partial charge on any atom is 0.411 e. The van der Waals surface area contributed by atoms with Gasteiger partial charge in [0, 0.05) is 11.8 Å². The number of rotatable bonds is 11. The quantitative estimate of drug-likeness (QED) is 0.148. The van der Waals surface area contributed by atoms with Crippen LogP contribution in [0, 0.1) is 12.3 Å². The largest absolute Gasteiger partial charge is 0.447 e. The minimum Gasteiger partial charge on any atom is -0.447 e. The van der Waals surface area contributed by atoms with Gasteiger partial charge in [-0.1, -0.05) is 62.7 Å². The lowest BCUT2D eigenvalue weighted by atomic mass is 9.75. The third kappa shape index (κ3) is 7.25. The van der Waals surface area contributed by atoms with Crippen molar-refractivity contribution in [1.82, 2.24) is 34.8 Å². The van der Waals surface area contributed by atoms with Crippen molar-refractivity contribution < 1.29 is 36.3 Å². The third-order valence-electron chi connectivity index (χ3n) is 10.1. The van der Waals surface area contributed by atoms with Crippen molar-refractivity contribution in [2.75, 3.05) is 6.61 Å². The molecular weight excluding hydrogens is 749 g/mol. The number of aromatic nitrogens is 5. The van der Waals surface area contributed by atoms with Crippen LogP contribution in [0.2, 0.25) is 5.02 Å². The van der Waals surface area contributed by atoms with Crippen LogP contribution in [0.3, 0.4) is 0 Å². The summed E-state index contributed by atoms with van der Waals surface area (Å²) in [5, 5.41) is 10.5. The Labute approximate surface area is 317 Å². The van der Waals surface area contributed by atoms with E-state index in [-0.39, 0.29) is 41.5 Å². The second kappa shape index (κ2) is 13.6. The highest BCUT2D eigenvalue weighted by atomic mass is 35.5. The number of amides is 2. The molecule has 2 atom stereocenters. The molecule has 2 saturated carbocycles. The Morgan fingerprint density at radius 1 is 1.11 bits per heavy atom. The number of benzene rings is 2. The summed E-state index contributed by atoms with van der Waals surface area (Å²) in [5.41, 5.74) is 5.45. The van der Waals surface area contributed by atoms with Gasteiger partial charge in [0.15, 0.2) is 17.3 Å². The molecule has 2 aromatic carbocycles. The normalized spacial score (nSPS) is 20.2. The smallest absolute Gasteiger partial charge is 0.411 e. The van der Waals surface area contributed by atoms with Crippen LogP contribution in [0.5, 0.6) is 0 Å². The number of nitrogens with one attached hydrogen (secondary N) is 1. The van der Waals surface area contributed by atoms with Crippen molar-refractivity contribution in [1.29, 1.82) is 0 Å². The predicted octanol–water partition coefficient (Wildman–Crippen LogP) is 7.72. The molecule has 2 amide bonds. The molecule has 0 spiro atoms. The highest BCUT2D eigenvalue weighted by Crippen LogP contribution is 2.49. The number of carbonyl (C=O) groups is 2. The SMILES string of the molecule is Cc1nn(C2CC2)cc1-c1ccc([C@@]2(CC(C)(C)C)N=C(N)N([C@H](COC(=O)NC3(C(F)(F)F)CC3)c3ccc(Cl)c(-n4ncnc4C(F)F)c3)C2=O)cc1. The van der Waals surface area contributed by atoms with Crippen molar-refractivity contribution >= 4 is 29.6 Å². The number of nitrogens with zero attached hydrogens (tertiary/aromatic N) is 7. The van der Waals surface area contributed by atoms with Crippen LogP contribution >= 0.6 is 11.6 Å². The lowest BCUT2D eigenvalue weighted by molar-refractivity contribution is -0.164. The molecular formula is C37H39ClF5N9O3. The Balaban J connectivity index is 1.27. The van der Waals surface area contributed by atoms with Gasteiger partial charge in [-0.2, -0.15) is 23.4 Å². The van der Waals surface area contributed by atoms with E-state index in [1.54, 1.807) is 12.1 Å². The topological polar surface area (TPSA) is 146 Å². The first-order valence-corrected chi connectivity index (χ1v) is 18.1. The Morgan fingerprint density at radius 3 is 2.40 bits per heavy atom. The van der Waals surface area contributed by atoms with Crippen LogP contribution in [0.25, 0.3) is 16.8 Å². The first-order chi connectivity index (χ1) is 25.8. The van der Waals surface area contributed by atoms with Gasteiger partial charge in [0.25, 0.3) is 12.3 Å². The van der Waals surface area contributed by atoms with E-state index in [2.05, 4.69) is 15.2 Å². The number of alkyl halides is 5.